The van der Waals surface area contributed by atoms with Crippen LogP contribution in [0.5, 0.6) is 5.75 Å². The summed E-state index contributed by atoms with van der Waals surface area (Å²) in [7, 11) is 1.62. The molecule has 0 aliphatic rings. The fourth-order valence-corrected chi connectivity index (χ4v) is 2.45. The van der Waals surface area contributed by atoms with Gasteiger partial charge in [0.25, 0.3) is 5.69 Å². The molecule has 0 atom stereocenters. The summed E-state index contributed by atoms with van der Waals surface area (Å²) in [4.78, 5) is 19.2. The summed E-state index contributed by atoms with van der Waals surface area (Å²) in [5.41, 5.74) is 2.32. The first-order chi connectivity index (χ1) is 11.6. The molecule has 0 spiro atoms. The van der Waals surface area contributed by atoms with Gasteiger partial charge in [-0.15, -0.1) is 0 Å². The van der Waals surface area contributed by atoms with E-state index < -0.39 is 4.92 Å². The van der Waals surface area contributed by atoms with Crippen LogP contribution in [0.3, 0.4) is 0 Å². The van der Waals surface area contributed by atoms with E-state index in [1.54, 1.807) is 20.1 Å². The molecule has 7 nitrogen and oxygen atoms in total. The topological polar surface area (TPSA) is 90.2 Å². The molecule has 122 valence electrons. The maximum absolute atomic E-state index is 10.9. The summed E-state index contributed by atoms with van der Waals surface area (Å²) in [5, 5.41) is 15.0. The summed E-state index contributed by atoms with van der Waals surface area (Å²) < 4.78 is 5.13. The summed E-state index contributed by atoms with van der Waals surface area (Å²) >= 11 is 0. The second-order valence-corrected chi connectivity index (χ2v) is 5.26. The molecule has 1 aromatic heterocycles. The van der Waals surface area contributed by atoms with Crippen LogP contribution in [0.4, 0.5) is 11.4 Å². The van der Waals surface area contributed by atoms with Crippen molar-refractivity contribution in [2.24, 2.45) is 0 Å². The van der Waals surface area contributed by atoms with Crippen LogP contribution in [0.1, 0.15) is 11.5 Å². The summed E-state index contributed by atoms with van der Waals surface area (Å²) in [6, 6.07) is 12.2. The van der Waals surface area contributed by atoms with Gasteiger partial charge in [0.2, 0.25) is 0 Å². The Morgan fingerprint density at radius 2 is 1.92 bits per heavy atom. The minimum absolute atomic E-state index is 0.0228. The Hall–Kier alpha value is -3.22. The van der Waals surface area contributed by atoms with Crippen molar-refractivity contribution in [3.05, 3.63) is 64.1 Å². The number of benzene rings is 2. The Labute approximate surface area is 138 Å². The number of nitrogens with zero attached hydrogens (tertiary/aromatic N) is 3. The lowest BCUT2D eigenvalue weighted by Crippen LogP contribution is -2.05. The lowest BCUT2D eigenvalue weighted by Gasteiger charge is -2.10. The molecular formula is C17H16N4O3. The second kappa shape index (κ2) is 6.49. The van der Waals surface area contributed by atoms with Gasteiger partial charge >= 0.3 is 0 Å². The third kappa shape index (κ3) is 3.24. The molecule has 7 heteroatoms. The minimum atomic E-state index is -0.424. The summed E-state index contributed by atoms with van der Waals surface area (Å²) in [6.45, 7) is 2.26. The van der Waals surface area contributed by atoms with Crippen LogP contribution in [-0.2, 0) is 6.54 Å². The predicted octanol–water partition coefficient (Wildman–Crippen LogP) is 3.47. The molecule has 0 saturated heterocycles. The molecule has 0 bridgehead atoms. The van der Waals surface area contributed by atoms with Crippen LogP contribution in [0.15, 0.2) is 42.5 Å². The van der Waals surface area contributed by atoms with Crippen LogP contribution < -0.4 is 10.1 Å². The average molecular weight is 324 g/mol. The average Bonchev–Trinajstić information content (AvgIpc) is 2.59. The van der Waals surface area contributed by atoms with Crippen LogP contribution in [0.25, 0.3) is 10.9 Å². The molecule has 0 aliphatic carbocycles. The van der Waals surface area contributed by atoms with Crippen molar-refractivity contribution in [1.82, 2.24) is 9.97 Å². The van der Waals surface area contributed by atoms with E-state index in [2.05, 4.69) is 15.3 Å². The number of fused-ring (bicyclic) bond motifs is 1. The van der Waals surface area contributed by atoms with Gasteiger partial charge in [-0.05, 0) is 37.3 Å². The number of rotatable bonds is 5. The van der Waals surface area contributed by atoms with Crippen LogP contribution in [0, 0.1) is 17.0 Å². The molecule has 2 aromatic carbocycles. The quantitative estimate of drug-likeness (QED) is 0.571. The number of anilines is 1. The van der Waals surface area contributed by atoms with E-state index in [1.807, 2.05) is 24.3 Å². The van der Waals surface area contributed by atoms with Crippen LogP contribution >= 0.6 is 0 Å². The number of non-ortho nitro benzene ring substituents is 1. The number of aromatic nitrogens is 2. The smallest absolute Gasteiger partial charge is 0.271 e. The lowest BCUT2D eigenvalue weighted by molar-refractivity contribution is -0.384. The maximum atomic E-state index is 10.9. The fourth-order valence-electron chi connectivity index (χ4n) is 2.45. The zero-order valence-electron chi connectivity index (χ0n) is 13.3. The number of aryl methyl sites for hydroxylation is 1. The highest BCUT2D eigenvalue weighted by Crippen LogP contribution is 2.23. The van der Waals surface area contributed by atoms with Gasteiger partial charge in [0.05, 0.1) is 29.8 Å². The number of nitrogens with one attached hydrogen (secondary N) is 1. The first-order valence-electron chi connectivity index (χ1n) is 7.36. The number of ether oxygens (including phenoxy) is 1. The van der Waals surface area contributed by atoms with Crippen LogP contribution in [-0.4, -0.2) is 22.0 Å². The second-order valence-electron chi connectivity index (χ2n) is 5.26. The van der Waals surface area contributed by atoms with Crippen molar-refractivity contribution in [2.75, 3.05) is 12.4 Å². The lowest BCUT2D eigenvalue weighted by atomic mass is 10.1. The van der Waals surface area contributed by atoms with Crippen LogP contribution in [0.2, 0.25) is 0 Å². The number of hydrogen-bond donors (Lipinski definition) is 1. The van der Waals surface area contributed by atoms with Crippen molar-refractivity contribution in [2.45, 2.75) is 13.5 Å². The Bertz CT molecular complexity index is 894. The highest BCUT2D eigenvalue weighted by Gasteiger charge is 2.11. The van der Waals surface area contributed by atoms with Crippen molar-refractivity contribution in [1.29, 1.82) is 0 Å². The largest absolute Gasteiger partial charge is 0.497 e. The van der Waals surface area contributed by atoms with Gasteiger partial charge in [0.1, 0.15) is 11.6 Å². The van der Waals surface area contributed by atoms with Gasteiger partial charge < -0.3 is 10.1 Å². The molecule has 0 fully saturated rings. The van der Waals surface area contributed by atoms with E-state index in [0.29, 0.717) is 17.9 Å². The molecule has 3 aromatic rings. The van der Waals surface area contributed by atoms with Gasteiger partial charge in [-0.3, -0.25) is 10.1 Å². The Kier molecular flexibility index (Phi) is 4.24. The van der Waals surface area contributed by atoms with Crippen molar-refractivity contribution in [3.8, 4) is 5.75 Å². The normalized spacial score (nSPS) is 10.6. The van der Waals surface area contributed by atoms with E-state index >= 15 is 0 Å². The summed E-state index contributed by atoms with van der Waals surface area (Å²) in [6.07, 6.45) is 0. The minimum Gasteiger partial charge on any atom is -0.497 e. The zero-order chi connectivity index (χ0) is 17.1. The van der Waals surface area contributed by atoms with Gasteiger partial charge in [-0.1, -0.05) is 0 Å². The third-order valence-electron chi connectivity index (χ3n) is 3.63. The molecule has 1 N–H and O–H groups in total. The zero-order valence-corrected chi connectivity index (χ0v) is 13.3. The standard InChI is InChI=1S/C17H16N4O3/c1-11-19-16-9-13(21(22)23)5-8-15(16)17(20-11)10-18-12-3-6-14(24-2)7-4-12/h3-9,18H,10H2,1-2H3. The Morgan fingerprint density at radius 3 is 2.58 bits per heavy atom. The van der Waals surface area contributed by atoms with E-state index in [9.17, 15) is 10.1 Å². The van der Waals surface area contributed by atoms with Gasteiger partial charge in [0.15, 0.2) is 0 Å². The van der Waals surface area contributed by atoms with Gasteiger partial charge in [-0.2, -0.15) is 0 Å². The molecule has 0 amide bonds. The number of nitro benzene ring substituents is 1. The summed E-state index contributed by atoms with van der Waals surface area (Å²) in [5.74, 6) is 1.37. The molecule has 24 heavy (non-hydrogen) atoms. The molecule has 0 unspecified atom stereocenters. The van der Waals surface area contributed by atoms with Crippen molar-refractivity contribution in [3.63, 3.8) is 0 Å². The first kappa shape index (κ1) is 15.7. The molecule has 0 saturated carbocycles. The maximum Gasteiger partial charge on any atom is 0.271 e. The molecule has 0 aliphatic heterocycles. The highest BCUT2D eigenvalue weighted by atomic mass is 16.6. The van der Waals surface area contributed by atoms with E-state index in [0.717, 1.165) is 22.5 Å². The molecule has 1 heterocycles. The van der Waals surface area contributed by atoms with Crippen molar-refractivity contribution < 1.29 is 9.66 Å². The van der Waals surface area contributed by atoms with Gasteiger partial charge in [-0.25, -0.2) is 9.97 Å². The third-order valence-corrected chi connectivity index (χ3v) is 3.63. The number of hydrogen-bond acceptors (Lipinski definition) is 6. The first-order valence-corrected chi connectivity index (χ1v) is 7.36. The monoisotopic (exact) mass is 324 g/mol. The molecular weight excluding hydrogens is 308 g/mol. The van der Waals surface area contributed by atoms with E-state index in [-0.39, 0.29) is 5.69 Å². The SMILES string of the molecule is COc1ccc(NCc2nc(C)nc3cc([N+](=O)[O-])ccc23)cc1. The van der Waals surface area contributed by atoms with Gasteiger partial charge in [0, 0.05) is 23.2 Å². The Balaban J connectivity index is 1.89. The number of nitro groups is 1. The predicted molar refractivity (Wildman–Crippen MR) is 91.3 cm³/mol. The number of methoxy groups -OCH3 is 1. The highest BCUT2D eigenvalue weighted by molar-refractivity contribution is 5.83. The Morgan fingerprint density at radius 1 is 1.17 bits per heavy atom. The van der Waals surface area contributed by atoms with Crippen molar-refractivity contribution >= 4 is 22.3 Å². The molecule has 3 rings (SSSR count). The molecule has 0 radical (unpaired) electrons. The van der Waals surface area contributed by atoms with E-state index in [1.165, 1.54) is 12.1 Å². The van der Waals surface area contributed by atoms with E-state index in [4.69, 9.17) is 4.74 Å². The fraction of sp³-hybridized carbons (Fsp3) is 0.176.